The number of ether oxygens (including phenoxy) is 1. The van der Waals surface area contributed by atoms with Gasteiger partial charge in [0.1, 0.15) is 10.8 Å². The second-order valence-corrected chi connectivity index (χ2v) is 5.29. The highest BCUT2D eigenvalue weighted by atomic mass is 35.5. The van der Waals surface area contributed by atoms with Gasteiger partial charge < -0.3 is 10.1 Å². The van der Waals surface area contributed by atoms with Crippen LogP contribution >= 0.6 is 22.9 Å². The molecule has 4 nitrogen and oxygen atoms in total. The Bertz CT molecular complexity index is 550. The number of aromatic nitrogens is 2. The molecule has 1 aromatic heterocycles. The molecule has 0 unspecified atom stereocenters. The Morgan fingerprint density at radius 2 is 2.26 bits per heavy atom. The topological polar surface area (TPSA) is 47.0 Å². The first kappa shape index (κ1) is 14.3. The molecule has 0 amide bonds. The van der Waals surface area contributed by atoms with Crippen molar-refractivity contribution in [3.63, 3.8) is 0 Å². The van der Waals surface area contributed by atoms with E-state index in [1.54, 1.807) is 19.2 Å². The van der Waals surface area contributed by atoms with Gasteiger partial charge in [0.2, 0.25) is 0 Å². The molecule has 0 fully saturated rings. The van der Waals surface area contributed by atoms with Gasteiger partial charge in [-0.1, -0.05) is 22.9 Å². The molecular formula is C12H13ClFN3OS. The van der Waals surface area contributed by atoms with Crippen LogP contribution in [-0.2, 0) is 11.3 Å². The smallest absolute Gasteiger partial charge is 0.150 e. The third-order valence-electron chi connectivity index (χ3n) is 2.39. The monoisotopic (exact) mass is 301 g/mol. The second-order valence-electron chi connectivity index (χ2n) is 3.79. The van der Waals surface area contributed by atoms with Crippen LogP contribution in [0.3, 0.4) is 0 Å². The van der Waals surface area contributed by atoms with Crippen LogP contribution in [0.5, 0.6) is 0 Å². The van der Waals surface area contributed by atoms with E-state index in [9.17, 15) is 4.39 Å². The number of rotatable bonds is 6. The van der Waals surface area contributed by atoms with Gasteiger partial charge in [0.05, 0.1) is 6.61 Å². The van der Waals surface area contributed by atoms with Gasteiger partial charge in [-0.2, -0.15) is 0 Å². The van der Waals surface area contributed by atoms with E-state index in [0.29, 0.717) is 28.7 Å². The first-order valence-electron chi connectivity index (χ1n) is 5.68. The van der Waals surface area contributed by atoms with Crippen molar-refractivity contribution in [1.29, 1.82) is 0 Å². The molecule has 0 saturated heterocycles. The van der Waals surface area contributed by atoms with E-state index in [2.05, 4.69) is 15.5 Å². The predicted octanol–water partition coefficient (Wildman–Crippen LogP) is 2.73. The zero-order valence-corrected chi connectivity index (χ0v) is 11.9. The summed E-state index contributed by atoms with van der Waals surface area (Å²) in [7, 11) is 1.65. The lowest BCUT2D eigenvalue weighted by molar-refractivity contribution is 0.199. The number of hydrogen-bond donors (Lipinski definition) is 1. The molecule has 2 aromatic rings. The molecule has 102 valence electrons. The highest BCUT2D eigenvalue weighted by Gasteiger charge is 2.11. The SMILES string of the molecule is COCCNCc1nnc(-c2ccc(Cl)cc2F)s1. The van der Waals surface area contributed by atoms with E-state index in [-0.39, 0.29) is 5.82 Å². The maximum Gasteiger partial charge on any atom is 0.150 e. The van der Waals surface area contributed by atoms with Crippen LogP contribution in [0.4, 0.5) is 4.39 Å². The van der Waals surface area contributed by atoms with Gasteiger partial charge >= 0.3 is 0 Å². The summed E-state index contributed by atoms with van der Waals surface area (Å²) in [5, 5.41) is 12.9. The number of halogens is 2. The molecule has 2 rings (SSSR count). The zero-order valence-electron chi connectivity index (χ0n) is 10.3. The fourth-order valence-electron chi connectivity index (χ4n) is 1.47. The summed E-state index contributed by atoms with van der Waals surface area (Å²) in [5.41, 5.74) is 0.421. The third kappa shape index (κ3) is 3.94. The van der Waals surface area contributed by atoms with E-state index >= 15 is 0 Å². The molecule has 0 atom stereocenters. The van der Waals surface area contributed by atoms with E-state index < -0.39 is 0 Å². The zero-order chi connectivity index (χ0) is 13.7. The van der Waals surface area contributed by atoms with E-state index in [1.165, 1.54) is 17.4 Å². The standard InChI is InChI=1S/C12H13ClFN3OS/c1-18-5-4-15-7-11-16-17-12(19-11)9-3-2-8(13)6-10(9)14/h2-3,6,15H,4-5,7H2,1H3. The molecule has 0 bridgehead atoms. The highest BCUT2D eigenvalue weighted by Crippen LogP contribution is 2.27. The molecule has 1 heterocycles. The maximum absolute atomic E-state index is 13.7. The molecule has 1 N–H and O–H groups in total. The number of hydrogen-bond acceptors (Lipinski definition) is 5. The first-order chi connectivity index (χ1) is 9.20. The average molecular weight is 302 g/mol. The molecule has 0 saturated carbocycles. The summed E-state index contributed by atoms with van der Waals surface area (Å²) in [4.78, 5) is 0. The highest BCUT2D eigenvalue weighted by molar-refractivity contribution is 7.14. The van der Waals surface area contributed by atoms with Gasteiger partial charge in [0.25, 0.3) is 0 Å². The minimum Gasteiger partial charge on any atom is -0.383 e. The molecule has 0 aliphatic carbocycles. The number of benzene rings is 1. The lowest BCUT2D eigenvalue weighted by atomic mass is 10.2. The molecule has 19 heavy (non-hydrogen) atoms. The Labute approximate surface area is 119 Å². The minimum atomic E-state index is -0.387. The Kier molecular flexibility index (Phi) is 5.21. The Hall–Kier alpha value is -1.08. The predicted molar refractivity (Wildman–Crippen MR) is 73.9 cm³/mol. The van der Waals surface area contributed by atoms with E-state index in [1.807, 2.05) is 0 Å². The summed E-state index contributed by atoms with van der Waals surface area (Å²) >= 11 is 7.07. The summed E-state index contributed by atoms with van der Waals surface area (Å²) in [6, 6.07) is 4.52. The molecular weight excluding hydrogens is 289 g/mol. The normalized spacial score (nSPS) is 10.9. The van der Waals surface area contributed by atoms with Crippen LogP contribution in [0.2, 0.25) is 5.02 Å². The van der Waals surface area contributed by atoms with Crippen LogP contribution in [0.25, 0.3) is 10.6 Å². The van der Waals surface area contributed by atoms with Crippen molar-refractivity contribution in [2.24, 2.45) is 0 Å². The van der Waals surface area contributed by atoms with E-state index in [0.717, 1.165) is 11.6 Å². The van der Waals surface area contributed by atoms with Crippen molar-refractivity contribution in [3.8, 4) is 10.6 Å². The summed E-state index contributed by atoms with van der Waals surface area (Å²) < 4.78 is 18.6. The summed E-state index contributed by atoms with van der Waals surface area (Å²) in [6.45, 7) is 1.97. The van der Waals surface area contributed by atoms with E-state index in [4.69, 9.17) is 16.3 Å². The van der Waals surface area contributed by atoms with Gasteiger partial charge in [0.15, 0.2) is 5.01 Å². The number of nitrogens with one attached hydrogen (secondary N) is 1. The molecule has 0 radical (unpaired) electrons. The van der Waals surface area contributed by atoms with Crippen molar-refractivity contribution in [2.75, 3.05) is 20.3 Å². The first-order valence-corrected chi connectivity index (χ1v) is 6.87. The molecule has 0 spiro atoms. The fraction of sp³-hybridized carbons (Fsp3) is 0.333. The van der Waals surface area contributed by atoms with Crippen molar-refractivity contribution < 1.29 is 9.13 Å². The van der Waals surface area contributed by atoms with Gasteiger partial charge in [-0.15, -0.1) is 10.2 Å². The summed E-state index contributed by atoms with van der Waals surface area (Å²) in [6.07, 6.45) is 0. The Morgan fingerprint density at radius 1 is 1.42 bits per heavy atom. The quantitative estimate of drug-likeness (QED) is 0.834. The van der Waals surface area contributed by atoms with Crippen LogP contribution < -0.4 is 5.32 Å². The van der Waals surface area contributed by atoms with Crippen molar-refractivity contribution in [2.45, 2.75) is 6.54 Å². The lowest BCUT2D eigenvalue weighted by Crippen LogP contribution is -2.18. The molecule has 1 aromatic carbocycles. The fourth-order valence-corrected chi connectivity index (χ4v) is 2.46. The number of methoxy groups -OCH3 is 1. The molecule has 7 heteroatoms. The van der Waals surface area contributed by atoms with Crippen LogP contribution in [-0.4, -0.2) is 30.5 Å². The van der Waals surface area contributed by atoms with Crippen LogP contribution in [0.1, 0.15) is 5.01 Å². The minimum absolute atomic E-state index is 0.368. The van der Waals surface area contributed by atoms with Gasteiger partial charge in [-0.3, -0.25) is 0 Å². The Morgan fingerprint density at radius 3 is 3.00 bits per heavy atom. The van der Waals surface area contributed by atoms with Crippen LogP contribution in [0, 0.1) is 5.82 Å². The van der Waals surface area contributed by atoms with Gasteiger partial charge in [-0.05, 0) is 18.2 Å². The van der Waals surface area contributed by atoms with Gasteiger partial charge in [-0.25, -0.2) is 4.39 Å². The van der Waals surface area contributed by atoms with Crippen molar-refractivity contribution in [1.82, 2.24) is 15.5 Å². The maximum atomic E-state index is 13.7. The van der Waals surface area contributed by atoms with Crippen molar-refractivity contribution in [3.05, 3.63) is 34.0 Å². The second kappa shape index (κ2) is 6.91. The Balaban J connectivity index is 2.04. The molecule has 0 aliphatic heterocycles. The van der Waals surface area contributed by atoms with Crippen molar-refractivity contribution >= 4 is 22.9 Å². The lowest BCUT2D eigenvalue weighted by Gasteiger charge is -2.00. The number of nitrogens with zero attached hydrogens (tertiary/aromatic N) is 2. The largest absolute Gasteiger partial charge is 0.383 e. The summed E-state index contributed by atoms with van der Waals surface area (Å²) in [5.74, 6) is -0.387. The molecule has 0 aliphatic rings. The van der Waals surface area contributed by atoms with Gasteiger partial charge in [0, 0.05) is 30.8 Å². The third-order valence-corrected chi connectivity index (χ3v) is 3.58. The average Bonchev–Trinajstić information content (AvgIpc) is 2.83. The van der Waals surface area contributed by atoms with Crippen LogP contribution in [0.15, 0.2) is 18.2 Å².